The van der Waals surface area contributed by atoms with Crippen LogP contribution in [0.2, 0.25) is 0 Å². The van der Waals surface area contributed by atoms with Gasteiger partial charge in [-0.2, -0.15) is 0 Å². The number of hydrogen-bond donors (Lipinski definition) is 8. The van der Waals surface area contributed by atoms with Crippen LogP contribution in [0.1, 0.15) is 0 Å². The summed E-state index contributed by atoms with van der Waals surface area (Å²) in [5.74, 6) is -1.09. The predicted molar refractivity (Wildman–Crippen MR) is 122 cm³/mol. The molecule has 1 atom stereocenters. The zero-order chi connectivity index (χ0) is 25.8. The van der Waals surface area contributed by atoms with E-state index in [1.54, 1.807) is 5.32 Å². The number of urea groups is 3. The van der Waals surface area contributed by atoms with Gasteiger partial charge in [-0.05, 0) is 24.3 Å². The summed E-state index contributed by atoms with van der Waals surface area (Å²) >= 11 is 0. The van der Waals surface area contributed by atoms with E-state index in [9.17, 15) is 24.3 Å². The number of nitrogens with one attached hydrogen (secondary N) is 4. The molecule has 1 aliphatic heterocycles. The topological polar surface area (TPSA) is 204 Å². The van der Waals surface area contributed by atoms with Gasteiger partial charge in [0.2, 0.25) is 5.66 Å². The number of carbonyl (C=O) groups excluding carboxylic acids is 4. The number of carbonyl (C=O) groups is 4. The Bertz CT molecular complexity index is 966. The van der Waals surface area contributed by atoms with Crippen LogP contribution in [0.15, 0.2) is 60.7 Å². The number of benzene rings is 2. The molecule has 7 amide bonds. The molecule has 1 unspecified atom stereocenters. The van der Waals surface area contributed by atoms with Crippen molar-refractivity contribution in [1.29, 1.82) is 0 Å². The molecule has 14 heteroatoms. The van der Waals surface area contributed by atoms with E-state index in [-0.39, 0.29) is 6.03 Å². The first-order chi connectivity index (χ1) is 16.8. The highest BCUT2D eigenvalue weighted by molar-refractivity contribution is 6.08. The first-order valence-corrected chi connectivity index (χ1v) is 10.1. The highest BCUT2D eigenvalue weighted by Gasteiger charge is 2.58. The van der Waals surface area contributed by atoms with Crippen molar-refractivity contribution in [2.24, 2.45) is 0 Å². The van der Waals surface area contributed by atoms with Crippen molar-refractivity contribution in [3.63, 3.8) is 0 Å². The Kier molecular flexibility index (Phi) is 9.92. The molecule has 0 spiro atoms. The van der Waals surface area contributed by atoms with E-state index in [4.69, 9.17) is 15.3 Å². The van der Waals surface area contributed by atoms with Gasteiger partial charge in [0.05, 0.1) is 6.61 Å². The van der Waals surface area contributed by atoms with Gasteiger partial charge in [-0.25, -0.2) is 14.4 Å². The Morgan fingerprint density at radius 3 is 1.80 bits per heavy atom. The van der Waals surface area contributed by atoms with Crippen LogP contribution in [0.5, 0.6) is 0 Å². The molecule has 1 aliphatic rings. The third kappa shape index (κ3) is 6.42. The summed E-state index contributed by atoms with van der Waals surface area (Å²) in [6.45, 7) is -3.85. The lowest BCUT2D eigenvalue weighted by Crippen LogP contribution is -2.68. The minimum atomic E-state index is -2.28. The molecule has 0 saturated carbocycles. The Hall–Kier alpha value is -4.24. The quantitative estimate of drug-likeness (QED) is 0.186. The summed E-state index contributed by atoms with van der Waals surface area (Å²) in [5.41, 5.74) is -0.730. The van der Waals surface area contributed by atoms with Gasteiger partial charge in [-0.3, -0.25) is 19.9 Å². The number of rotatable bonds is 7. The fourth-order valence-electron chi connectivity index (χ4n) is 3.10. The van der Waals surface area contributed by atoms with Crippen LogP contribution in [0.4, 0.5) is 25.8 Å². The van der Waals surface area contributed by atoms with E-state index in [1.165, 1.54) is 0 Å². The Morgan fingerprint density at radius 1 is 0.886 bits per heavy atom. The number of nitrogens with zero attached hydrogens (tertiary/aromatic N) is 2. The molecule has 8 N–H and O–H groups in total. The van der Waals surface area contributed by atoms with E-state index >= 15 is 0 Å². The summed E-state index contributed by atoms with van der Waals surface area (Å²) < 4.78 is 0. The summed E-state index contributed by atoms with van der Waals surface area (Å²) in [6.07, 6.45) is 0. The fraction of sp³-hybridized carbons (Fsp3) is 0.238. The molecule has 35 heavy (non-hydrogen) atoms. The molecule has 1 saturated heterocycles. The zero-order valence-corrected chi connectivity index (χ0v) is 18.4. The average Bonchev–Trinajstić information content (AvgIpc) is 3.10. The third-order valence-electron chi connectivity index (χ3n) is 4.76. The first-order valence-electron chi connectivity index (χ1n) is 10.1. The molecular formula is C21H26N6O8. The van der Waals surface area contributed by atoms with E-state index in [0.717, 1.165) is 11.4 Å². The molecule has 0 aliphatic carbocycles. The molecular weight excluding hydrogens is 464 g/mol. The standard InChI is InChI=1S/C13H12N2O.C8H14N4O7/c16-13(14-11-7-3-1-4-8-11)15-12-9-5-2-6-10-12;13-1-8(11(3-15)6(18)9-2-14)5(17)10-7(19)12(8)4-16/h1-10H,(H2,14,15,16);13-16H,1-4H2,(H,9,18)(H,10,17,19). The number of aliphatic hydroxyl groups is 4. The van der Waals surface area contributed by atoms with Crippen molar-refractivity contribution in [3.05, 3.63) is 60.7 Å². The van der Waals surface area contributed by atoms with Crippen LogP contribution < -0.4 is 21.3 Å². The van der Waals surface area contributed by atoms with Gasteiger partial charge in [0.15, 0.2) is 0 Å². The van der Waals surface area contributed by atoms with Crippen LogP contribution in [0, 0.1) is 0 Å². The SMILES string of the molecule is O=C(NCO)N(CO)C1(CO)C(=O)NC(=O)N1CO.O=C(Nc1ccccc1)Nc1ccccc1. The second-order valence-electron chi connectivity index (χ2n) is 6.82. The molecule has 3 rings (SSSR count). The molecule has 14 nitrogen and oxygen atoms in total. The molecule has 2 aromatic carbocycles. The van der Waals surface area contributed by atoms with E-state index in [1.807, 2.05) is 66.0 Å². The highest BCUT2D eigenvalue weighted by Crippen LogP contribution is 2.25. The zero-order valence-electron chi connectivity index (χ0n) is 18.4. The fourth-order valence-corrected chi connectivity index (χ4v) is 3.10. The van der Waals surface area contributed by atoms with Gasteiger partial charge in [-0.15, -0.1) is 0 Å². The van der Waals surface area contributed by atoms with Gasteiger partial charge in [0.25, 0.3) is 5.91 Å². The average molecular weight is 490 g/mol. The lowest BCUT2D eigenvalue weighted by atomic mass is 10.1. The summed E-state index contributed by atoms with van der Waals surface area (Å²) in [4.78, 5) is 47.3. The molecule has 0 bridgehead atoms. The Labute approximate surface area is 199 Å². The number of hydrogen-bond acceptors (Lipinski definition) is 8. The molecule has 188 valence electrons. The van der Waals surface area contributed by atoms with Crippen LogP contribution in [0.3, 0.4) is 0 Å². The van der Waals surface area contributed by atoms with Crippen LogP contribution in [-0.2, 0) is 4.79 Å². The summed E-state index contributed by atoms with van der Waals surface area (Å²) in [7, 11) is 0. The second-order valence-corrected chi connectivity index (χ2v) is 6.82. The maximum absolute atomic E-state index is 11.8. The van der Waals surface area contributed by atoms with E-state index < -0.39 is 50.4 Å². The minimum absolute atomic E-state index is 0.239. The monoisotopic (exact) mass is 490 g/mol. The normalized spacial score (nSPS) is 16.5. The lowest BCUT2D eigenvalue weighted by molar-refractivity contribution is -0.147. The summed E-state index contributed by atoms with van der Waals surface area (Å²) in [6, 6.07) is 16.3. The highest BCUT2D eigenvalue weighted by atomic mass is 16.3. The number of imide groups is 1. The van der Waals surface area contributed by atoms with Crippen LogP contribution in [-0.4, -0.2) is 86.7 Å². The van der Waals surface area contributed by atoms with E-state index in [2.05, 4.69) is 10.6 Å². The van der Waals surface area contributed by atoms with Crippen molar-refractivity contribution >= 4 is 35.4 Å². The first kappa shape index (κ1) is 27.0. The van der Waals surface area contributed by atoms with Crippen molar-refractivity contribution in [2.45, 2.75) is 5.66 Å². The number of anilines is 2. The molecule has 2 aromatic rings. The van der Waals surface area contributed by atoms with Crippen LogP contribution in [0.25, 0.3) is 0 Å². The van der Waals surface area contributed by atoms with Crippen molar-refractivity contribution in [1.82, 2.24) is 20.4 Å². The molecule has 0 radical (unpaired) electrons. The molecule has 1 heterocycles. The third-order valence-corrected chi connectivity index (χ3v) is 4.76. The number of para-hydroxylation sites is 2. The minimum Gasteiger partial charge on any atom is -0.391 e. The van der Waals surface area contributed by atoms with Gasteiger partial charge in [0.1, 0.15) is 20.2 Å². The van der Waals surface area contributed by atoms with Gasteiger partial charge in [0, 0.05) is 11.4 Å². The van der Waals surface area contributed by atoms with Gasteiger partial charge in [-0.1, -0.05) is 36.4 Å². The van der Waals surface area contributed by atoms with Gasteiger partial charge < -0.3 is 36.4 Å². The largest absolute Gasteiger partial charge is 0.391 e. The maximum Gasteiger partial charge on any atom is 0.328 e. The van der Waals surface area contributed by atoms with E-state index in [0.29, 0.717) is 9.80 Å². The molecule has 1 fully saturated rings. The predicted octanol–water partition coefficient (Wildman–Crippen LogP) is -0.582. The second kappa shape index (κ2) is 12.9. The molecule has 0 aromatic heterocycles. The number of amides is 7. The Morgan fingerprint density at radius 2 is 1.40 bits per heavy atom. The lowest BCUT2D eigenvalue weighted by Gasteiger charge is -2.40. The van der Waals surface area contributed by atoms with Gasteiger partial charge >= 0.3 is 18.1 Å². The maximum atomic E-state index is 11.8. The smallest absolute Gasteiger partial charge is 0.328 e. The van der Waals surface area contributed by atoms with Crippen molar-refractivity contribution < 1.29 is 39.6 Å². The van der Waals surface area contributed by atoms with Crippen LogP contribution >= 0.6 is 0 Å². The van der Waals surface area contributed by atoms with Crippen molar-refractivity contribution in [2.75, 3.05) is 37.4 Å². The van der Waals surface area contributed by atoms with Crippen molar-refractivity contribution in [3.8, 4) is 0 Å². The Balaban J connectivity index is 0.000000250. The summed E-state index contributed by atoms with van der Waals surface area (Å²) in [5, 5.41) is 45.4. The number of aliphatic hydroxyl groups excluding tert-OH is 4.